The van der Waals surface area contributed by atoms with Gasteiger partial charge >= 0.3 is 0 Å². The van der Waals surface area contributed by atoms with Crippen molar-refractivity contribution in [1.29, 1.82) is 0 Å². The van der Waals surface area contributed by atoms with Crippen LogP contribution < -0.4 is 5.73 Å². The smallest absolute Gasteiger partial charge is 0.191 e. The summed E-state index contributed by atoms with van der Waals surface area (Å²) in [5.74, 6) is 0.643. The molecule has 21 heavy (non-hydrogen) atoms. The van der Waals surface area contributed by atoms with Crippen LogP contribution in [0.15, 0.2) is 29.5 Å². The zero-order valence-corrected chi connectivity index (χ0v) is 14.3. The maximum Gasteiger partial charge on any atom is 0.191 e. The maximum absolute atomic E-state index is 6.12. The third-order valence-electron chi connectivity index (χ3n) is 3.70. The molecule has 7 heteroatoms. The van der Waals surface area contributed by atoms with E-state index in [2.05, 4.69) is 20.0 Å². The summed E-state index contributed by atoms with van der Waals surface area (Å²) in [5.41, 5.74) is 7.95. The summed E-state index contributed by atoms with van der Waals surface area (Å²) >= 11 is 0. The summed E-state index contributed by atoms with van der Waals surface area (Å²) in [5, 5.41) is 4.25. The monoisotopic (exact) mass is 400 g/mol. The molecule has 6 nitrogen and oxygen atoms in total. The molecule has 1 saturated heterocycles. The molecule has 2 N–H and O–H groups in total. The quantitative estimate of drug-likeness (QED) is 0.476. The highest BCUT2D eigenvalue weighted by Crippen LogP contribution is 2.10. The molecule has 0 aromatic carbocycles. The molecule has 1 aliphatic rings. The van der Waals surface area contributed by atoms with Crippen molar-refractivity contribution < 1.29 is 0 Å². The molecular formula is C14H21IN6. The highest BCUT2D eigenvalue weighted by Gasteiger charge is 2.11. The van der Waals surface area contributed by atoms with Crippen molar-refractivity contribution in [3.63, 3.8) is 0 Å². The van der Waals surface area contributed by atoms with Crippen LogP contribution in [0.4, 0.5) is 0 Å². The van der Waals surface area contributed by atoms with Crippen molar-refractivity contribution in [3.8, 4) is 0 Å². The average Bonchev–Trinajstić information content (AvgIpc) is 2.79. The number of likely N-dealkylation sites (tertiary alicyclic amines) is 1. The molecule has 1 aliphatic heterocycles. The van der Waals surface area contributed by atoms with E-state index in [9.17, 15) is 0 Å². The number of nitrogens with two attached hydrogens (primary N) is 1. The van der Waals surface area contributed by atoms with E-state index in [4.69, 9.17) is 5.73 Å². The van der Waals surface area contributed by atoms with E-state index in [0.717, 1.165) is 24.4 Å². The molecule has 0 aliphatic carbocycles. The van der Waals surface area contributed by atoms with Crippen LogP contribution in [0.2, 0.25) is 0 Å². The van der Waals surface area contributed by atoms with E-state index >= 15 is 0 Å². The third-order valence-corrected chi connectivity index (χ3v) is 3.70. The van der Waals surface area contributed by atoms with Crippen molar-refractivity contribution in [2.75, 3.05) is 13.1 Å². The minimum atomic E-state index is 0. The summed E-state index contributed by atoms with van der Waals surface area (Å²) in [6, 6.07) is 3.81. The van der Waals surface area contributed by atoms with Crippen LogP contribution in [0.25, 0.3) is 5.65 Å². The second kappa shape index (κ2) is 7.58. The van der Waals surface area contributed by atoms with Gasteiger partial charge in [-0.3, -0.25) is 0 Å². The predicted octanol–water partition coefficient (Wildman–Crippen LogP) is 2.04. The van der Waals surface area contributed by atoms with Gasteiger partial charge in [-0.15, -0.1) is 24.0 Å². The Labute approximate surface area is 141 Å². The van der Waals surface area contributed by atoms with Gasteiger partial charge in [0.15, 0.2) is 11.6 Å². The van der Waals surface area contributed by atoms with Gasteiger partial charge in [-0.1, -0.05) is 12.8 Å². The number of guanidine groups is 1. The Morgan fingerprint density at radius 3 is 2.67 bits per heavy atom. The van der Waals surface area contributed by atoms with Gasteiger partial charge in [0.1, 0.15) is 0 Å². The van der Waals surface area contributed by atoms with Crippen molar-refractivity contribution in [2.24, 2.45) is 10.7 Å². The number of aromatic nitrogens is 3. The highest BCUT2D eigenvalue weighted by atomic mass is 127. The van der Waals surface area contributed by atoms with Gasteiger partial charge < -0.3 is 10.6 Å². The Morgan fingerprint density at radius 1 is 1.14 bits per heavy atom. The zero-order chi connectivity index (χ0) is 13.8. The lowest BCUT2D eigenvalue weighted by Gasteiger charge is -2.21. The summed E-state index contributed by atoms with van der Waals surface area (Å²) in [6.07, 6.45) is 8.52. The van der Waals surface area contributed by atoms with Crippen LogP contribution in [0.3, 0.4) is 0 Å². The molecule has 0 atom stereocenters. The SMILES string of the molecule is I.NC(=NCc1ccnc2ccnn12)N1CCCCCC1. The predicted molar refractivity (Wildman–Crippen MR) is 93.8 cm³/mol. The van der Waals surface area contributed by atoms with Crippen LogP contribution in [0.5, 0.6) is 0 Å². The first-order valence-corrected chi connectivity index (χ1v) is 7.17. The largest absolute Gasteiger partial charge is 0.370 e. The lowest BCUT2D eigenvalue weighted by Crippen LogP contribution is -2.38. The fourth-order valence-electron chi connectivity index (χ4n) is 2.57. The Kier molecular flexibility index (Phi) is 5.77. The zero-order valence-electron chi connectivity index (χ0n) is 12.0. The first-order valence-electron chi connectivity index (χ1n) is 7.17. The minimum absolute atomic E-state index is 0. The molecule has 3 heterocycles. The molecule has 2 aromatic rings. The normalized spacial score (nSPS) is 16.6. The van der Waals surface area contributed by atoms with Crippen LogP contribution in [-0.2, 0) is 6.54 Å². The van der Waals surface area contributed by atoms with Gasteiger partial charge in [0.05, 0.1) is 18.4 Å². The van der Waals surface area contributed by atoms with Crippen molar-refractivity contribution >= 4 is 35.6 Å². The first kappa shape index (κ1) is 16.0. The lowest BCUT2D eigenvalue weighted by molar-refractivity contribution is 0.428. The molecule has 114 valence electrons. The molecule has 1 fully saturated rings. The van der Waals surface area contributed by atoms with Gasteiger partial charge in [0.2, 0.25) is 0 Å². The van der Waals surface area contributed by atoms with Crippen LogP contribution in [0.1, 0.15) is 31.4 Å². The van der Waals surface area contributed by atoms with Gasteiger partial charge in [0, 0.05) is 25.4 Å². The highest BCUT2D eigenvalue weighted by molar-refractivity contribution is 14.0. The fraction of sp³-hybridized carbons (Fsp3) is 0.500. The Balaban J connectivity index is 0.00000161. The van der Waals surface area contributed by atoms with E-state index in [1.165, 1.54) is 25.7 Å². The second-order valence-corrected chi connectivity index (χ2v) is 5.11. The Bertz CT molecular complexity index is 600. The lowest BCUT2D eigenvalue weighted by atomic mass is 10.2. The number of aliphatic imine (C=N–C) groups is 1. The topological polar surface area (TPSA) is 71.8 Å². The Morgan fingerprint density at radius 2 is 1.90 bits per heavy atom. The molecule has 0 bridgehead atoms. The van der Waals surface area contributed by atoms with E-state index in [0.29, 0.717) is 12.5 Å². The average molecular weight is 400 g/mol. The molecule has 0 unspecified atom stereocenters. The number of nitrogens with zero attached hydrogens (tertiary/aromatic N) is 5. The molecule has 0 saturated carbocycles. The third kappa shape index (κ3) is 3.84. The Hall–Kier alpha value is -1.38. The van der Waals surface area contributed by atoms with Gasteiger partial charge in [-0.2, -0.15) is 5.10 Å². The summed E-state index contributed by atoms with van der Waals surface area (Å²) in [7, 11) is 0. The molecule has 0 radical (unpaired) electrons. The molecule has 0 amide bonds. The van der Waals surface area contributed by atoms with Crippen molar-refractivity contribution in [2.45, 2.75) is 32.2 Å². The van der Waals surface area contributed by atoms with E-state index in [-0.39, 0.29) is 24.0 Å². The number of hydrogen-bond donors (Lipinski definition) is 1. The molecule has 3 rings (SSSR count). The molecular weight excluding hydrogens is 379 g/mol. The van der Waals surface area contributed by atoms with E-state index < -0.39 is 0 Å². The summed E-state index contributed by atoms with van der Waals surface area (Å²) in [4.78, 5) is 11.0. The van der Waals surface area contributed by atoms with Crippen molar-refractivity contribution in [3.05, 3.63) is 30.2 Å². The van der Waals surface area contributed by atoms with Gasteiger partial charge in [-0.05, 0) is 18.9 Å². The van der Waals surface area contributed by atoms with Crippen molar-refractivity contribution in [1.82, 2.24) is 19.5 Å². The van der Waals surface area contributed by atoms with E-state index in [1.54, 1.807) is 16.9 Å². The van der Waals surface area contributed by atoms with Crippen LogP contribution in [-0.4, -0.2) is 38.5 Å². The van der Waals surface area contributed by atoms with Gasteiger partial charge in [-0.25, -0.2) is 14.5 Å². The second-order valence-electron chi connectivity index (χ2n) is 5.11. The van der Waals surface area contributed by atoms with Crippen LogP contribution >= 0.6 is 24.0 Å². The number of fused-ring (bicyclic) bond motifs is 1. The standard InChI is InChI=1S/C14H20N6.HI/c15-14(19-9-3-1-2-4-10-19)17-11-12-5-7-16-13-6-8-18-20(12)13;/h5-8H,1-4,9-11H2,(H2,15,17);1H. The first-order chi connectivity index (χ1) is 9.84. The molecule has 0 spiro atoms. The molecule has 2 aromatic heterocycles. The number of rotatable bonds is 2. The van der Waals surface area contributed by atoms with Crippen LogP contribution in [0, 0.1) is 0 Å². The fourth-order valence-corrected chi connectivity index (χ4v) is 2.57. The van der Waals surface area contributed by atoms with Gasteiger partial charge in [0.25, 0.3) is 0 Å². The van der Waals surface area contributed by atoms with E-state index in [1.807, 2.05) is 12.1 Å². The number of hydrogen-bond acceptors (Lipinski definition) is 3. The summed E-state index contributed by atoms with van der Waals surface area (Å²) in [6.45, 7) is 2.56. The number of halogens is 1. The summed E-state index contributed by atoms with van der Waals surface area (Å²) < 4.78 is 1.80. The maximum atomic E-state index is 6.12. The minimum Gasteiger partial charge on any atom is -0.370 e.